The zero-order valence-corrected chi connectivity index (χ0v) is 9.13. The molecule has 17 heavy (non-hydrogen) atoms. The Bertz CT molecular complexity index is 566. The summed E-state index contributed by atoms with van der Waals surface area (Å²) in [6.45, 7) is -0.0404. The summed E-state index contributed by atoms with van der Waals surface area (Å²) < 4.78 is 0. The Balaban J connectivity index is 2.61. The molecule has 0 aliphatic heterocycles. The van der Waals surface area contributed by atoms with Gasteiger partial charge in [-0.3, -0.25) is 4.79 Å². The monoisotopic (exact) mass is 231 g/mol. The number of phenolic OH excluding ortho intramolecular Hbond substituents is 1. The van der Waals surface area contributed by atoms with Gasteiger partial charge >= 0.3 is 5.97 Å². The van der Waals surface area contributed by atoms with Crippen LogP contribution in [-0.2, 0) is 4.79 Å². The average Bonchev–Trinajstić information content (AvgIpc) is 2.30. The van der Waals surface area contributed by atoms with E-state index in [0.29, 0.717) is 5.56 Å². The molecule has 0 saturated heterocycles. The predicted octanol–water partition coefficient (Wildman–Crippen LogP) is 1.67. The van der Waals surface area contributed by atoms with Gasteiger partial charge in [0.15, 0.2) is 0 Å². The smallest absolute Gasteiger partial charge is 0.312 e. The molecule has 1 atom stereocenters. The molecule has 0 spiro atoms. The molecule has 88 valence electrons. The van der Waals surface area contributed by atoms with Crippen molar-refractivity contribution >= 4 is 16.7 Å². The predicted molar refractivity (Wildman–Crippen MR) is 65.0 cm³/mol. The number of fused-ring (bicyclic) bond motifs is 1. The van der Waals surface area contributed by atoms with E-state index in [1.165, 1.54) is 0 Å². The van der Waals surface area contributed by atoms with E-state index in [4.69, 9.17) is 10.8 Å². The molecule has 0 aliphatic carbocycles. The molecule has 0 radical (unpaired) electrons. The SMILES string of the molecule is NCC(C(=O)O)c1cc2ccccc2cc1O. The molecule has 4 nitrogen and oxygen atoms in total. The summed E-state index contributed by atoms with van der Waals surface area (Å²) in [5, 5.41) is 20.6. The number of aliphatic carboxylic acids is 1. The van der Waals surface area contributed by atoms with Gasteiger partial charge in [-0.15, -0.1) is 0 Å². The van der Waals surface area contributed by atoms with Crippen molar-refractivity contribution < 1.29 is 15.0 Å². The number of rotatable bonds is 3. The van der Waals surface area contributed by atoms with E-state index in [1.807, 2.05) is 24.3 Å². The lowest BCUT2D eigenvalue weighted by Gasteiger charge is -2.13. The first-order valence-electron chi connectivity index (χ1n) is 5.28. The average molecular weight is 231 g/mol. The molecule has 0 heterocycles. The lowest BCUT2D eigenvalue weighted by atomic mass is 9.95. The minimum atomic E-state index is -1.03. The third-order valence-corrected chi connectivity index (χ3v) is 2.80. The van der Waals surface area contributed by atoms with Gasteiger partial charge in [0.1, 0.15) is 5.75 Å². The third-order valence-electron chi connectivity index (χ3n) is 2.80. The van der Waals surface area contributed by atoms with E-state index < -0.39 is 11.9 Å². The number of carboxylic acids is 1. The Morgan fingerprint density at radius 2 is 1.82 bits per heavy atom. The van der Waals surface area contributed by atoms with Gasteiger partial charge in [-0.05, 0) is 22.9 Å². The van der Waals surface area contributed by atoms with E-state index in [1.54, 1.807) is 12.1 Å². The van der Waals surface area contributed by atoms with Crippen LogP contribution < -0.4 is 5.73 Å². The Labute approximate surface area is 98.3 Å². The third kappa shape index (κ3) is 2.07. The first-order chi connectivity index (χ1) is 8.13. The van der Waals surface area contributed by atoms with Crippen LogP contribution in [0.25, 0.3) is 10.8 Å². The summed E-state index contributed by atoms with van der Waals surface area (Å²) in [7, 11) is 0. The number of hydrogen-bond acceptors (Lipinski definition) is 3. The molecule has 1 unspecified atom stereocenters. The minimum absolute atomic E-state index is 0.0263. The molecule has 0 saturated carbocycles. The minimum Gasteiger partial charge on any atom is -0.508 e. The van der Waals surface area contributed by atoms with Crippen LogP contribution in [0, 0.1) is 0 Å². The van der Waals surface area contributed by atoms with Crippen molar-refractivity contribution in [3.8, 4) is 5.75 Å². The summed E-state index contributed by atoms with van der Waals surface area (Å²) in [6, 6.07) is 10.7. The summed E-state index contributed by atoms with van der Waals surface area (Å²) in [4.78, 5) is 11.0. The zero-order valence-electron chi connectivity index (χ0n) is 9.13. The Morgan fingerprint density at radius 1 is 1.24 bits per heavy atom. The zero-order chi connectivity index (χ0) is 12.4. The van der Waals surface area contributed by atoms with Crippen LogP contribution in [0.3, 0.4) is 0 Å². The molecule has 2 aromatic carbocycles. The van der Waals surface area contributed by atoms with Gasteiger partial charge in [0.05, 0.1) is 5.92 Å². The lowest BCUT2D eigenvalue weighted by molar-refractivity contribution is -0.138. The molecule has 0 aliphatic rings. The second kappa shape index (κ2) is 4.43. The molecule has 4 heteroatoms. The van der Waals surface area contributed by atoms with Gasteiger partial charge in [-0.2, -0.15) is 0 Å². The highest BCUT2D eigenvalue weighted by molar-refractivity contribution is 5.87. The summed E-state index contributed by atoms with van der Waals surface area (Å²) in [5.74, 6) is -1.93. The molecule has 0 fully saturated rings. The largest absolute Gasteiger partial charge is 0.508 e. The van der Waals surface area contributed by atoms with Crippen LogP contribution in [0.5, 0.6) is 5.75 Å². The van der Waals surface area contributed by atoms with E-state index in [9.17, 15) is 9.90 Å². The number of hydrogen-bond donors (Lipinski definition) is 3. The summed E-state index contributed by atoms with van der Waals surface area (Å²) in [5.41, 5.74) is 5.79. The van der Waals surface area contributed by atoms with Crippen molar-refractivity contribution in [2.75, 3.05) is 6.54 Å². The van der Waals surface area contributed by atoms with Crippen LogP contribution in [0.2, 0.25) is 0 Å². The Hall–Kier alpha value is -2.07. The number of phenols is 1. The fourth-order valence-electron chi connectivity index (χ4n) is 1.89. The van der Waals surface area contributed by atoms with Gasteiger partial charge in [-0.1, -0.05) is 24.3 Å². The second-order valence-electron chi connectivity index (χ2n) is 3.88. The Kier molecular flexibility index (Phi) is 2.97. The van der Waals surface area contributed by atoms with E-state index in [-0.39, 0.29) is 12.3 Å². The van der Waals surface area contributed by atoms with Crippen molar-refractivity contribution in [1.82, 2.24) is 0 Å². The fraction of sp³-hybridized carbons (Fsp3) is 0.154. The second-order valence-corrected chi connectivity index (χ2v) is 3.88. The highest BCUT2D eigenvalue weighted by atomic mass is 16.4. The fourth-order valence-corrected chi connectivity index (χ4v) is 1.89. The standard InChI is InChI=1S/C13H13NO3/c14-7-11(13(16)17)10-5-8-3-1-2-4-9(8)6-12(10)15/h1-6,11,15H,7,14H2,(H,16,17). The topological polar surface area (TPSA) is 83.6 Å². The van der Waals surface area contributed by atoms with Crippen LogP contribution in [0.4, 0.5) is 0 Å². The maximum absolute atomic E-state index is 11.0. The number of benzene rings is 2. The first-order valence-corrected chi connectivity index (χ1v) is 5.28. The highest BCUT2D eigenvalue weighted by Gasteiger charge is 2.21. The van der Waals surface area contributed by atoms with Crippen molar-refractivity contribution in [3.63, 3.8) is 0 Å². The molecule has 0 bridgehead atoms. The molecule has 0 amide bonds. The number of carboxylic acid groups (broad SMARTS) is 1. The van der Waals surface area contributed by atoms with Crippen molar-refractivity contribution in [3.05, 3.63) is 42.0 Å². The van der Waals surface area contributed by atoms with Crippen LogP contribution >= 0.6 is 0 Å². The van der Waals surface area contributed by atoms with E-state index in [0.717, 1.165) is 10.8 Å². The van der Waals surface area contributed by atoms with Crippen molar-refractivity contribution in [2.24, 2.45) is 5.73 Å². The quantitative estimate of drug-likeness (QED) is 0.750. The summed E-state index contributed by atoms with van der Waals surface area (Å²) in [6.07, 6.45) is 0. The van der Waals surface area contributed by atoms with E-state index in [2.05, 4.69) is 0 Å². The Morgan fingerprint density at radius 3 is 2.35 bits per heavy atom. The number of aromatic hydroxyl groups is 1. The molecule has 2 aromatic rings. The maximum atomic E-state index is 11.0. The van der Waals surface area contributed by atoms with Gasteiger partial charge in [0.2, 0.25) is 0 Å². The maximum Gasteiger partial charge on any atom is 0.312 e. The van der Waals surface area contributed by atoms with Gasteiger partial charge in [-0.25, -0.2) is 0 Å². The van der Waals surface area contributed by atoms with Crippen LogP contribution in [0.15, 0.2) is 36.4 Å². The van der Waals surface area contributed by atoms with Crippen LogP contribution in [0.1, 0.15) is 11.5 Å². The first kappa shape index (κ1) is 11.4. The molecule has 2 rings (SSSR count). The molecular weight excluding hydrogens is 218 g/mol. The van der Waals surface area contributed by atoms with Crippen molar-refractivity contribution in [2.45, 2.75) is 5.92 Å². The highest BCUT2D eigenvalue weighted by Crippen LogP contribution is 2.30. The van der Waals surface area contributed by atoms with E-state index >= 15 is 0 Å². The lowest BCUT2D eigenvalue weighted by Crippen LogP contribution is -2.21. The number of carbonyl (C=O) groups is 1. The van der Waals surface area contributed by atoms with Crippen molar-refractivity contribution in [1.29, 1.82) is 0 Å². The van der Waals surface area contributed by atoms with Gasteiger partial charge in [0.25, 0.3) is 0 Å². The van der Waals surface area contributed by atoms with Gasteiger partial charge < -0.3 is 15.9 Å². The summed E-state index contributed by atoms with van der Waals surface area (Å²) >= 11 is 0. The number of nitrogens with two attached hydrogens (primary N) is 1. The van der Waals surface area contributed by atoms with Crippen LogP contribution in [-0.4, -0.2) is 22.7 Å². The van der Waals surface area contributed by atoms with Gasteiger partial charge in [0, 0.05) is 12.1 Å². The molecular formula is C13H13NO3. The molecule has 4 N–H and O–H groups in total. The normalized spacial score (nSPS) is 12.5. The molecule has 0 aromatic heterocycles.